The predicted molar refractivity (Wildman–Crippen MR) is 56.6 cm³/mol. The molecule has 1 aromatic heterocycles. The van der Waals surface area contributed by atoms with Crippen LogP contribution in [0, 0.1) is 0 Å². The van der Waals surface area contributed by atoms with Gasteiger partial charge in [-0.2, -0.15) is 0 Å². The third-order valence-corrected chi connectivity index (χ3v) is 2.35. The lowest BCUT2D eigenvalue weighted by Gasteiger charge is -1.93. The number of hydrogen-bond donors (Lipinski definition) is 1. The lowest BCUT2D eigenvalue weighted by molar-refractivity contribution is 0.0652. The number of oxazole rings is 1. The molecule has 0 bridgehead atoms. The van der Waals surface area contributed by atoms with Crippen LogP contribution in [0.3, 0.4) is 0 Å². The summed E-state index contributed by atoms with van der Waals surface area (Å²) in [7, 11) is 0. The smallest absolute Gasteiger partial charge is 0.392 e. The van der Waals surface area contributed by atoms with E-state index in [0.717, 1.165) is 5.56 Å². The van der Waals surface area contributed by atoms with Crippen molar-refractivity contribution in [1.82, 2.24) is 4.98 Å². The molecular formula is C10H6BrNO3. The number of aromatic carboxylic acids is 1. The third-order valence-electron chi connectivity index (χ3n) is 1.82. The first kappa shape index (κ1) is 9.92. The molecule has 0 unspecified atom stereocenters. The van der Waals surface area contributed by atoms with Crippen LogP contribution >= 0.6 is 15.9 Å². The molecule has 5 heteroatoms. The zero-order valence-corrected chi connectivity index (χ0v) is 9.06. The number of carboxylic acid groups (broad SMARTS) is 1. The van der Waals surface area contributed by atoms with Gasteiger partial charge in [0.1, 0.15) is 5.69 Å². The lowest BCUT2D eigenvalue weighted by Crippen LogP contribution is -1.95. The number of rotatable bonds is 2. The van der Waals surface area contributed by atoms with Gasteiger partial charge in [0.25, 0.3) is 0 Å². The van der Waals surface area contributed by atoms with Gasteiger partial charge in [-0.05, 0) is 15.9 Å². The number of benzene rings is 1. The van der Waals surface area contributed by atoms with Gasteiger partial charge in [0, 0.05) is 5.56 Å². The van der Waals surface area contributed by atoms with Gasteiger partial charge in [-0.25, -0.2) is 9.78 Å². The number of carboxylic acids is 1. The summed E-state index contributed by atoms with van der Waals surface area (Å²) in [5.74, 6) is -1.50. The normalized spacial score (nSPS) is 10.2. The van der Waals surface area contributed by atoms with E-state index in [2.05, 4.69) is 20.9 Å². The molecule has 1 heterocycles. The summed E-state index contributed by atoms with van der Waals surface area (Å²) in [4.78, 5) is 14.5. The van der Waals surface area contributed by atoms with Crippen molar-refractivity contribution in [3.05, 3.63) is 40.9 Å². The van der Waals surface area contributed by atoms with Crippen LogP contribution in [-0.4, -0.2) is 16.1 Å². The topological polar surface area (TPSA) is 63.3 Å². The van der Waals surface area contributed by atoms with Crippen LogP contribution in [0.15, 0.2) is 39.4 Å². The maximum Gasteiger partial charge on any atom is 0.392 e. The third kappa shape index (κ3) is 1.92. The van der Waals surface area contributed by atoms with Crippen LogP contribution in [0.25, 0.3) is 11.3 Å². The highest BCUT2D eigenvalue weighted by molar-refractivity contribution is 9.10. The van der Waals surface area contributed by atoms with E-state index in [1.807, 2.05) is 30.3 Å². The Kier molecular flexibility index (Phi) is 2.55. The zero-order chi connectivity index (χ0) is 10.8. The first-order valence-electron chi connectivity index (χ1n) is 4.13. The SMILES string of the molecule is O=C(O)c1nc(-c2ccccc2)c(Br)o1. The molecule has 2 rings (SSSR count). The molecule has 0 atom stereocenters. The van der Waals surface area contributed by atoms with Gasteiger partial charge in [0.05, 0.1) is 0 Å². The maximum atomic E-state index is 10.6. The Hall–Kier alpha value is -1.62. The van der Waals surface area contributed by atoms with Crippen molar-refractivity contribution in [2.75, 3.05) is 0 Å². The van der Waals surface area contributed by atoms with E-state index in [9.17, 15) is 4.79 Å². The van der Waals surface area contributed by atoms with Crippen LogP contribution in [-0.2, 0) is 0 Å². The van der Waals surface area contributed by atoms with E-state index in [1.54, 1.807) is 0 Å². The van der Waals surface area contributed by atoms with Gasteiger partial charge < -0.3 is 9.52 Å². The molecule has 0 aliphatic heterocycles. The largest absolute Gasteiger partial charge is 0.474 e. The van der Waals surface area contributed by atoms with Gasteiger partial charge in [0.2, 0.25) is 0 Å². The summed E-state index contributed by atoms with van der Waals surface area (Å²) in [5.41, 5.74) is 1.30. The van der Waals surface area contributed by atoms with E-state index in [-0.39, 0.29) is 5.89 Å². The Morgan fingerprint density at radius 2 is 2.00 bits per heavy atom. The second-order valence-electron chi connectivity index (χ2n) is 2.81. The summed E-state index contributed by atoms with van der Waals surface area (Å²) in [6.45, 7) is 0. The Balaban J connectivity index is 2.50. The zero-order valence-electron chi connectivity index (χ0n) is 7.48. The van der Waals surface area contributed by atoms with Gasteiger partial charge >= 0.3 is 11.9 Å². The average Bonchev–Trinajstić information content (AvgIpc) is 2.62. The Labute approximate surface area is 93.7 Å². The molecule has 4 nitrogen and oxygen atoms in total. The molecule has 0 saturated carbocycles. The Bertz CT molecular complexity index is 493. The van der Waals surface area contributed by atoms with Crippen molar-refractivity contribution in [2.45, 2.75) is 0 Å². The van der Waals surface area contributed by atoms with Gasteiger partial charge in [-0.3, -0.25) is 0 Å². The fourth-order valence-corrected chi connectivity index (χ4v) is 1.64. The molecule has 0 saturated heterocycles. The van der Waals surface area contributed by atoms with E-state index >= 15 is 0 Å². The first-order valence-corrected chi connectivity index (χ1v) is 4.93. The second kappa shape index (κ2) is 3.86. The second-order valence-corrected chi connectivity index (χ2v) is 3.53. The molecule has 15 heavy (non-hydrogen) atoms. The molecule has 0 spiro atoms. The van der Waals surface area contributed by atoms with E-state index in [4.69, 9.17) is 9.52 Å². The predicted octanol–water partition coefficient (Wildman–Crippen LogP) is 2.80. The summed E-state index contributed by atoms with van der Waals surface area (Å²) in [6, 6.07) is 9.21. The molecular weight excluding hydrogens is 262 g/mol. The highest BCUT2D eigenvalue weighted by Gasteiger charge is 2.17. The van der Waals surface area contributed by atoms with Crippen LogP contribution in [0.5, 0.6) is 0 Å². The van der Waals surface area contributed by atoms with Crippen molar-refractivity contribution in [1.29, 1.82) is 0 Å². The number of carbonyl (C=O) groups is 1. The molecule has 0 amide bonds. The van der Waals surface area contributed by atoms with Crippen LogP contribution in [0.1, 0.15) is 10.7 Å². The number of nitrogens with zero attached hydrogens (tertiary/aromatic N) is 1. The van der Waals surface area contributed by atoms with Gasteiger partial charge in [-0.1, -0.05) is 30.3 Å². The minimum Gasteiger partial charge on any atom is -0.474 e. The van der Waals surface area contributed by atoms with Crippen molar-refractivity contribution in [3.8, 4) is 11.3 Å². The molecule has 0 aliphatic rings. The fraction of sp³-hybridized carbons (Fsp3) is 0. The van der Waals surface area contributed by atoms with E-state index in [1.165, 1.54) is 0 Å². The Morgan fingerprint density at radius 3 is 2.53 bits per heavy atom. The van der Waals surface area contributed by atoms with Crippen molar-refractivity contribution in [2.24, 2.45) is 0 Å². The van der Waals surface area contributed by atoms with E-state index in [0.29, 0.717) is 10.4 Å². The van der Waals surface area contributed by atoms with Gasteiger partial charge in [-0.15, -0.1) is 0 Å². The highest BCUT2D eigenvalue weighted by Crippen LogP contribution is 2.28. The Morgan fingerprint density at radius 1 is 1.33 bits per heavy atom. The minimum absolute atomic E-state index is 0.319. The van der Waals surface area contributed by atoms with Crippen molar-refractivity contribution < 1.29 is 14.3 Å². The summed E-state index contributed by atoms with van der Waals surface area (Å²) in [6.07, 6.45) is 0. The van der Waals surface area contributed by atoms with Crippen LogP contribution < -0.4 is 0 Å². The molecule has 0 fully saturated rings. The monoisotopic (exact) mass is 267 g/mol. The van der Waals surface area contributed by atoms with E-state index < -0.39 is 5.97 Å². The standard InChI is InChI=1S/C10H6BrNO3/c11-8-7(6-4-2-1-3-5-6)12-9(15-8)10(13)14/h1-5H,(H,13,14). The van der Waals surface area contributed by atoms with Crippen LogP contribution in [0.2, 0.25) is 0 Å². The van der Waals surface area contributed by atoms with Crippen LogP contribution in [0.4, 0.5) is 0 Å². The van der Waals surface area contributed by atoms with Crippen molar-refractivity contribution >= 4 is 21.9 Å². The lowest BCUT2D eigenvalue weighted by atomic mass is 10.2. The average molecular weight is 268 g/mol. The highest BCUT2D eigenvalue weighted by atomic mass is 79.9. The molecule has 0 radical (unpaired) electrons. The fourth-order valence-electron chi connectivity index (χ4n) is 1.17. The minimum atomic E-state index is -1.18. The van der Waals surface area contributed by atoms with Crippen molar-refractivity contribution in [3.63, 3.8) is 0 Å². The molecule has 0 aliphatic carbocycles. The number of halogens is 1. The molecule has 2 aromatic rings. The number of aromatic nitrogens is 1. The number of hydrogen-bond acceptors (Lipinski definition) is 3. The first-order chi connectivity index (χ1) is 7.18. The molecule has 1 N–H and O–H groups in total. The molecule has 76 valence electrons. The summed E-state index contributed by atoms with van der Waals surface area (Å²) >= 11 is 3.13. The molecule has 1 aromatic carbocycles. The summed E-state index contributed by atoms with van der Waals surface area (Å²) in [5, 5.41) is 8.69. The maximum absolute atomic E-state index is 10.6. The quantitative estimate of drug-likeness (QED) is 0.909. The van der Waals surface area contributed by atoms with Gasteiger partial charge in [0.15, 0.2) is 4.67 Å². The summed E-state index contributed by atoms with van der Waals surface area (Å²) < 4.78 is 5.26.